The molecular weight excluding hydrogens is 286 g/mol. The van der Waals surface area contributed by atoms with Gasteiger partial charge in [-0.3, -0.25) is 0 Å². The molecule has 1 rings (SSSR count). The molecule has 6 N–H and O–H groups in total. The molecule has 0 bridgehead atoms. The number of rotatable bonds is 8. The standard InChI is InChI=1S/C11H19N3O3S2/c12-10-8-9(19(13,16)17)2-3-11(10)14-4-7-18-6-1-5-15/h2-3,8,14-15H,1,4-7,12H2,(H2,13,16,17). The van der Waals surface area contributed by atoms with Gasteiger partial charge in [-0.05, 0) is 30.4 Å². The number of nitrogen functional groups attached to an aromatic ring is 1. The summed E-state index contributed by atoms with van der Waals surface area (Å²) in [6, 6.07) is 4.37. The zero-order chi connectivity index (χ0) is 14.3. The number of nitrogens with two attached hydrogens (primary N) is 2. The molecular formula is C11H19N3O3S2. The van der Waals surface area contributed by atoms with Crippen LogP contribution in [0.25, 0.3) is 0 Å². The van der Waals surface area contributed by atoms with E-state index in [1.807, 2.05) is 0 Å². The van der Waals surface area contributed by atoms with Crippen LogP contribution in [0.3, 0.4) is 0 Å². The second-order valence-electron chi connectivity index (χ2n) is 3.91. The molecule has 1 aromatic carbocycles. The molecule has 1 aromatic rings. The summed E-state index contributed by atoms with van der Waals surface area (Å²) in [5, 5.41) is 16.8. The van der Waals surface area contributed by atoms with Gasteiger partial charge in [0.25, 0.3) is 0 Å². The number of benzene rings is 1. The Balaban J connectivity index is 2.47. The molecule has 0 atom stereocenters. The van der Waals surface area contributed by atoms with Crippen LogP contribution in [0.2, 0.25) is 0 Å². The highest BCUT2D eigenvalue weighted by molar-refractivity contribution is 7.99. The average molecular weight is 305 g/mol. The average Bonchev–Trinajstić information content (AvgIpc) is 2.34. The number of aliphatic hydroxyl groups excluding tert-OH is 1. The number of nitrogens with one attached hydrogen (secondary N) is 1. The first-order valence-corrected chi connectivity index (χ1v) is 8.50. The van der Waals surface area contributed by atoms with Gasteiger partial charge in [-0.1, -0.05) is 0 Å². The molecule has 0 aliphatic carbocycles. The van der Waals surface area contributed by atoms with Gasteiger partial charge in [0.05, 0.1) is 16.3 Å². The molecule has 0 saturated carbocycles. The summed E-state index contributed by atoms with van der Waals surface area (Å²) in [6.07, 6.45) is 0.788. The van der Waals surface area contributed by atoms with Crippen LogP contribution in [0.5, 0.6) is 0 Å². The number of anilines is 2. The fourth-order valence-corrected chi connectivity index (χ4v) is 2.74. The monoisotopic (exact) mass is 305 g/mol. The fraction of sp³-hybridized carbons (Fsp3) is 0.455. The van der Waals surface area contributed by atoms with Gasteiger partial charge in [0.15, 0.2) is 0 Å². The Morgan fingerprint density at radius 1 is 1.32 bits per heavy atom. The lowest BCUT2D eigenvalue weighted by Gasteiger charge is -2.10. The zero-order valence-electron chi connectivity index (χ0n) is 10.5. The van der Waals surface area contributed by atoms with Crippen molar-refractivity contribution in [3.8, 4) is 0 Å². The van der Waals surface area contributed by atoms with E-state index in [9.17, 15) is 8.42 Å². The third kappa shape index (κ3) is 5.68. The predicted molar refractivity (Wildman–Crippen MR) is 79.7 cm³/mol. The Morgan fingerprint density at radius 2 is 2.05 bits per heavy atom. The van der Waals surface area contributed by atoms with E-state index in [2.05, 4.69) is 5.32 Å². The van der Waals surface area contributed by atoms with Crippen molar-refractivity contribution >= 4 is 33.2 Å². The number of primary sulfonamides is 1. The van der Waals surface area contributed by atoms with E-state index < -0.39 is 10.0 Å². The maximum absolute atomic E-state index is 11.1. The number of sulfonamides is 1. The Bertz CT molecular complexity index is 506. The van der Waals surface area contributed by atoms with Crippen molar-refractivity contribution in [2.75, 3.05) is 35.7 Å². The van der Waals surface area contributed by atoms with Crippen LogP contribution in [0, 0.1) is 0 Å². The van der Waals surface area contributed by atoms with Crippen molar-refractivity contribution in [2.45, 2.75) is 11.3 Å². The van der Waals surface area contributed by atoms with Gasteiger partial charge in [0, 0.05) is 18.9 Å². The highest BCUT2D eigenvalue weighted by Gasteiger charge is 2.09. The smallest absolute Gasteiger partial charge is 0.238 e. The highest BCUT2D eigenvalue weighted by atomic mass is 32.2. The highest BCUT2D eigenvalue weighted by Crippen LogP contribution is 2.21. The third-order valence-electron chi connectivity index (χ3n) is 2.36. The first-order chi connectivity index (χ1) is 8.95. The Kier molecular flexibility index (Phi) is 6.43. The summed E-state index contributed by atoms with van der Waals surface area (Å²) in [4.78, 5) is 0.00729. The van der Waals surface area contributed by atoms with Crippen molar-refractivity contribution in [3.63, 3.8) is 0 Å². The van der Waals surface area contributed by atoms with E-state index in [0.29, 0.717) is 11.4 Å². The van der Waals surface area contributed by atoms with Gasteiger partial charge >= 0.3 is 0 Å². The van der Waals surface area contributed by atoms with Crippen LogP contribution in [0.1, 0.15) is 6.42 Å². The Labute approximate surface area is 117 Å². The van der Waals surface area contributed by atoms with E-state index in [1.165, 1.54) is 12.1 Å². The first kappa shape index (κ1) is 16.1. The molecule has 0 aliphatic rings. The predicted octanol–water partition coefficient (Wildman–Crippen LogP) is 0.444. The molecule has 0 saturated heterocycles. The van der Waals surface area contributed by atoms with Gasteiger partial charge in [-0.25, -0.2) is 13.6 Å². The van der Waals surface area contributed by atoms with E-state index in [0.717, 1.165) is 24.5 Å². The minimum absolute atomic E-state index is 0.00729. The maximum Gasteiger partial charge on any atom is 0.238 e. The number of hydrogen-bond donors (Lipinski definition) is 4. The molecule has 6 nitrogen and oxygen atoms in total. The lowest BCUT2D eigenvalue weighted by Crippen LogP contribution is -2.13. The Hall–Kier alpha value is -0.960. The van der Waals surface area contributed by atoms with Gasteiger partial charge in [0.2, 0.25) is 10.0 Å². The van der Waals surface area contributed by atoms with Crippen LogP contribution in [0.4, 0.5) is 11.4 Å². The van der Waals surface area contributed by atoms with Gasteiger partial charge < -0.3 is 16.2 Å². The van der Waals surface area contributed by atoms with Crippen LogP contribution < -0.4 is 16.2 Å². The number of aliphatic hydroxyl groups is 1. The second kappa shape index (κ2) is 7.59. The lowest BCUT2D eigenvalue weighted by atomic mass is 10.2. The molecule has 19 heavy (non-hydrogen) atoms. The molecule has 0 spiro atoms. The fourth-order valence-electron chi connectivity index (χ4n) is 1.41. The normalized spacial score (nSPS) is 11.5. The maximum atomic E-state index is 11.1. The summed E-state index contributed by atoms with van der Waals surface area (Å²) in [5.74, 6) is 1.80. The van der Waals surface area contributed by atoms with Gasteiger partial charge in [0.1, 0.15) is 0 Å². The lowest BCUT2D eigenvalue weighted by molar-refractivity contribution is 0.296. The van der Waals surface area contributed by atoms with Crippen LogP contribution in [-0.2, 0) is 10.0 Å². The van der Waals surface area contributed by atoms with E-state index in [-0.39, 0.29) is 11.5 Å². The van der Waals surface area contributed by atoms with Crippen LogP contribution >= 0.6 is 11.8 Å². The molecule has 0 aromatic heterocycles. The van der Waals surface area contributed by atoms with Crippen molar-refractivity contribution in [2.24, 2.45) is 5.14 Å². The van der Waals surface area contributed by atoms with Crippen molar-refractivity contribution in [3.05, 3.63) is 18.2 Å². The SMILES string of the molecule is Nc1cc(S(N)(=O)=O)ccc1NCCSCCCO. The Morgan fingerprint density at radius 3 is 2.63 bits per heavy atom. The summed E-state index contributed by atoms with van der Waals surface area (Å²) >= 11 is 1.73. The van der Waals surface area contributed by atoms with Gasteiger partial charge in [-0.2, -0.15) is 11.8 Å². The summed E-state index contributed by atoms with van der Waals surface area (Å²) < 4.78 is 22.3. The quantitative estimate of drug-likeness (QED) is 0.409. The second-order valence-corrected chi connectivity index (χ2v) is 6.70. The number of thioether (sulfide) groups is 1. The summed E-state index contributed by atoms with van der Waals surface area (Å²) in [7, 11) is -3.71. The van der Waals surface area contributed by atoms with E-state index >= 15 is 0 Å². The zero-order valence-corrected chi connectivity index (χ0v) is 12.1. The largest absolute Gasteiger partial charge is 0.397 e. The van der Waals surface area contributed by atoms with E-state index in [4.69, 9.17) is 16.0 Å². The molecule has 8 heteroatoms. The van der Waals surface area contributed by atoms with Crippen LogP contribution in [0.15, 0.2) is 23.1 Å². The molecule has 108 valence electrons. The third-order valence-corrected chi connectivity index (χ3v) is 4.34. The molecule has 0 amide bonds. The molecule has 0 aliphatic heterocycles. The topological polar surface area (TPSA) is 118 Å². The van der Waals surface area contributed by atoms with Crippen molar-refractivity contribution in [1.29, 1.82) is 0 Å². The minimum Gasteiger partial charge on any atom is -0.397 e. The molecule has 0 unspecified atom stereocenters. The summed E-state index contributed by atoms with van der Waals surface area (Å²) in [5.41, 5.74) is 6.80. The minimum atomic E-state index is -3.71. The van der Waals surface area contributed by atoms with Crippen molar-refractivity contribution in [1.82, 2.24) is 0 Å². The molecule has 0 radical (unpaired) electrons. The first-order valence-electron chi connectivity index (χ1n) is 5.80. The van der Waals surface area contributed by atoms with E-state index in [1.54, 1.807) is 17.8 Å². The molecule has 0 fully saturated rings. The molecule has 0 heterocycles. The van der Waals surface area contributed by atoms with Crippen molar-refractivity contribution < 1.29 is 13.5 Å². The van der Waals surface area contributed by atoms with Crippen LogP contribution in [-0.4, -0.2) is 38.2 Å². The van der Waals surface area contributed by atoms with Gasteiger partial charge in [-0.15, -0.1) is 0 Å². The summed E-state index contributed by atoms with van der Waals surface area (Å²) in [6.45, 7) is 0.928. The number of hydrogen-bond acceptors (Lipinski definition) is 6.